The Labute approximate surface area is 177 Å². The average Bonchev–Trinajstić information content (AvgIpc) is 2.75. The van der Waals surface area contributed by atoms with Gasteiger partial charge in [0.2, 0.25) is 0 Å². The molecule has 30 heavy (non-hydrogen) atoms. The summed E-state index contributed by atoms with van der Waals surface area (Å²) in [7, 11) is -2.05. The summed E-state index contributed by atoms with van der Waals surface area (Å²) in [5, 5.41) is 6.38. The summed E-state index contributed by atoms with van der Waals surface area (Å²) in [6, 6.07) is 11.6. The van der Waals surface area contributed by atoms with Gasteiger partial charge in [-0.25, -0.2) is 12.8 Å². The predicted molar refractivity (Wildman–Crippen MR) is 115 cm³/mol. The van der Waals surface area contributed by atoms with Gasteiger partial charge >= 0.3 is 0 Å². The van der Waals surface area contributed by atoms with Crippen LogP contribution in [-0.4, -0.2) is 62.7 Å². The number of pyridine rings is 1. The molecule has 7 nitrogen and oxygen atoms in total. The first-order valence-electron chi connectivity index (χ1n) is 10.0. The number of hydrogen-bond donors (Lipinski definition) is 2. The first-order chi connectivity index (χ1) is 14.5. The number of rotatable bonds is 7. The highest BCUT2D eigenvalue weighted by molar-refractivity contribution is 7.91. The van der Waals surface area contributed by atoms with Crippen LogP contribution in [-0.2, 0) is 16.4 Å². The Hall–Kier alpha value is -2.52. The first kappa shape index (κ1) is 22.2. The molecule has 1 aliphatic rings. The van der Waals surface area contributed by atoms with E-state index in [0.29, 0.717) is 5.96 Å². The van der Waals surface area contributed by atoms with E-state index in [4.69, 9.17) is 0 Å². The van der Waals surface area contributed by atoms with Gasteiger partial charge in [-0.05, 0) is 37.1 Å². The van der Waals surface area contributed by atoms with Crippen LogP contribution >= 0.6 is 0 Å². The van der Waals surface area contributed by atoms with E-state index in [2.05, 4.69) is 25.5 Å². The molecule has 2 heterocycles. The van der Waals surface area contributed by atoms with E-state index in [1.807, 2.05) is 24.4 Å². The zero-order valence-electron chi connectivity index (χ0n) is 17.1. The minimum atomic E-state index is -3.70. The van der Waals surface area contributed by atoms with Gasteiger partial charge in [-0.2, -0.15) is 0 Å². The van der Waals surface area contributed by atoms with Gasteiger partial charge in [-0.3, -0.25) is 14.9 Å². The lowest BCUT2D eigenvalue weighted by atomic mass is 10.1. The van der Waals surface area contributed by atoms with Crippen molar-refractivity contribution in [2.24, 2.45) is 4.99 Å². The number of nitrogens with zero attached hydrogens (tertiary/aromatic N) is 3. The number of halogens is 1. The lowest BCUT2D eigenvalue weighted by molar-refractivity contribution is 0.196. The van der Waals surface area contributed by atoms with Crippen molar-refractivity contribution in [3.63, 3.8) is 0 Å². The van der Waals surface area contributed by atoms with Crippen molar-refractivity contribution in [2.45, 2.75) is 30.3 Å². The van der Waals surface area contributed by atoms with E-state index in [0.717, 1.165) is 44.2 Å². The second-order valence-electron chi connectivity index (χ2n) is 7.26. The zero-order chi connectivity index (χ0) is 21.4. The molecule has 0 unspecified atom stereocenters. The van der Waals surface area contributed by atoms with Crippen molar-refractivity contribution in [2.75, 3.05) is 32.4 Å². The Kier molecular flexibility index (Phi) is 7.75. The van der Waals surface area contributed by atoms with Crippen molar-refractivity contribution < 1.29 is 12.8 Å². The molecule has 0 amide bonds. The maximum atomic E-state index is 13.8. The molecular weight excluding hydrogens is 405 g/mol. The summed E-state index contributed by atoms with van der Waals surface area (Å²) in [6.07, 6.45) is 3.73. The summed E-state index contributed by atoms with van der Waals surface area (Å²) in [5.41, 5.74) is 1.07. The second-order valence-corrected chi connectivity index (χ2v) is 9.34. The minimum Gasteiger partial charge on any atom is -0.355 e. The number of aliphatic imine (C=N–C) groups is 1. The molecule has 0 bridgehead atoms. The molecule has 0 saturated carbocycles. The zero-order valence-corrected chi connectivity index (χ0v) is 17.9. The summed E-state index contributed by atoms with van der Waals surface area (Å²) in [5.74, 6) is -0.378. The largest absolute Gasteiger partial charge is 0.355 e. The Bertz CT molecular complexity index is 945. The molecule has 2 N–H and O–H groups in total. The number of hydrogen-bond acceptors (Lipinski definition) is 5. The summed E-state index contributed by atoms with van der Waals surface area (Å²) >= 11 is 0. The SMILES string of the molecule is CN=C(NCCS(=O)(=O)c1ccccc1F)NC1CCN(Cc2ccccn2)CC1. The molecule has 162 valence electrons. The molecule has 3 rings (SSSR count). The Morgan fingerprint density at radius 1 is 1.20 bits per heavy atom. The summed E-state index contributed by atoms with van der Waals surface area (Å²) < 4.78 is 38.5. The Morgan fingerprint density at radius 2 is 1.93 bits per heavy atom. The normalized spacial score (nSPS) is 16.4. The van der Waals surface area contributed by atoms with Crippen molar-refractivity contribution in [3.8, 4) is 0 Å². The standard InChI is InChI=1S/C21H28FN5O2S/c1-23-21(25-12-15-30(28,29)20-8-3-2-7-19(20)22)26-17-9-13-27(14-10-17)16-18-6-4-5-11-24-18/h2-8,11,17H,9-10,12-16H2,1H3,(H2,23,25,26). The maximum Gasteiger partial charge on any atom is 0.191 e. The Balaban J connectivity index is 1.43. The number of piperidine rings is 1. The molecule has 2 aromatic rings. The van der Waals surface area contributed by atoms with Gasteiger partial charge in [-0.15, -0.1) is 0 Å². The maximum absolute atomic E-state index is 13.8. The number of guanidine groups is 1. The average molecular weight is 434 g/mol. The third-order valence-corrected chi connectivity index (χ3v) is 6.84. The lowest BCUT2D eigenvalue weighted by Gasteiger charge is -2.32. The topological polar surface area (TPSA) is 86.7 Å². The van der Waals surface area contributed by atoms with Crippen molar-refractivity contribution >= 4 is 15.8 Å². The van der Waals surface area contributed by atoms with Gasteiger partial charge in [-0.1, -0.05) is 18.2 Å². The molecule has 0 radical (unpaired) electrons. The monoisotopic (exact) mass is 433 g/mol. The number of aromatic nitrogens is 1. The molecule has 0 aliphatic carbocycles. The van der Waals surface area contributed by atoms with Crippen LogP contribution in [0.2, 0.25) is 0 Å². The highest BCUT2D eigenvalue weighted by Gasteiger charge is 2.21. The second kappa shape index (κ2) is 10.5. The third kappa shape index (κ3) is 6.24. The molecular formula is C21H28FN5O2S. The van der Waals surface area contributed by atoms with Crippen molar-refractivity contribution in [3.05, 3.63) is 60.2 Å². The van der Waals surface area contributed by atoms with Crippen LogP contribution < -0.4 is 10.6 Å². The fourth-order valence-electron chi connectivity index (χ4n) is 3.45. The van der Waals surface area contributed by atoms with Gasteiger partial charge < -0.3 is 10.6 Å². The van der Waals surface area contributed by atoms with Crippen LogP contribution in [0.4, 0.5) is 4.39 Å². The predicted octanol–water partition coefficient (Wildman–Crippen LogP) is 1.82. The Morgan fingerprint density at radius 3 is 2.60 bits per heavy atom. The van der Waals surface area contributed by atoms with Gasteiger partial charge in [0.25, 0.3) is 0 Å². The molecule has 1 fully saturated rings. The minimum absolute atomic E-state index is 0.148. The number of nitrogens with one attached hydrogen (secondary N) is 2. The van der Waals surface area contributed by atoms with Crippen LogP contribution in [0.5, 0.6) is 0 Å². The summed E-state index contributed by atoms with van der Waals surface area (Å²) in [4.78, 5) is 10.7. The highest BCUT2D eigenvalue weighted by atomic mass is 32.2. The molecule has 0 atom stereocenters. The number of likely N-dealkylation sites (tertiary alicyclic amines) is 1. The van der Waals surface area contributed by atoms with Gasteiger partial charge in [0.1, 0.15) is 10.7 Å². The van der Waals surface area contributed by atoms with Gasteiger partial charge in [0.05, 0.1) is 11.4 Å². The number of sulfone groups is 1. The quantitative estimate of drug-likeness (QED) is 0.512. The highest BCUT2D eigenvalue weighted by Crippen LogP contribution is 2.15. The van der Waals surface area contributed by atoms with Crippen molar-refractivity contribution in [1.29, 1.82) is 0 Å². The van der Waals surface area contributed by atoms with E-state index in [1.54, 1.807) is 7.05 Å². The fourth-order valence-corrected chi connectivity index (χ4v) is 4.70. The fraction of sp³-hybridized carbons (Fsp3) is 0.429. The van der Waals surface area contributed by atoms with E-state index < -0.39 is 15.7 Å². The van der Waals surface area contributed by atoms with Crippen LogP contribution in [0.15, 0.2) is 58.5 Å². The van der Waals surface area contributed by atoms with E-state index >= 15 is 0 Å². The van der Waals surface area contributed by atoms with Crippen molar-refractivity contribution in [1.82, 2.24) is 20.5 Å². The van der Waals surface area contributed by atoms with E-state index in [-0.39, 0.29) is 23.2 Å². The van der Waals surface area contributed by atoms with E-state index in [1.165, 1.54) is 18.2 Å². The third-order valence-electron chi connectivity index (χ3n) is 5.10. The smallest absolute Gasteiger partial charge is 0.191 e. The van der Waals surface area contributed by atoms with E-state index in [9.17, 15) is 12.8 Å². The van der Waals surface area contributed by atoms with Crippen LogP contribution in [0, 0.1) is 5.82 Å². The number of benzene rings is 1. The first-order valence-corrected chi connectivity index (χ1v) is 11.7. The van der Waals surface area contributed by atoms with Crippen LogP contribution in [0.3, 0.4) is 0 Å². The molecule has 1 aromatic carbocycles. The van der Waals surface area contributed by atoms with Gasteiger partial charge in [0.15, 0.2) is 15.8 Å². The molecule has 1 saturated heterocycles. The summed E-state index contributed by atoms with van der Waals surface area (Å²) in [6.45, 7) is 2.89. The lowest BCUT2D eigenvalue weighted by Crippen LogP contribution is -2.49. The molecule has 1 aromatic heterocycles. The molecule has 1 aliphatic heterocycles. The van der Waals surface area contributed by atoms with Gasteiger partial charge in [0, 0.05) is 45.5 Å². The van der Waals surface area contributed by atoms with Crippen LogP contribution in [0.1, 0.15) is 18.5 Å². The molecule has 0 spiro atoms. The molecule has 9 heteroatoms. The van der Waals surface area contributed by atoms with Crippen LogP contribution in [0.25, 0.3) is 0 Å².